The maximum atomic E-state index is 11.4. The van der Waals surface area contributed by atoms with E-state index >= 15 is 0 Å². The number of rotatable bonds is 5. The molecule has 0 saturated heterocycles. The number of esters is 1. The summed E-state index contributed by atoms with van der Waals surface area (Å²) in [5.41, 5.74) is -1.06. The largest absolute Gasteiger partial charge is 0.465 e. The number of carbonyl (C=O) groups is 2. The second-order valence-corrected chi connectivity index (χ2v) is 3.10. The molecule has 0 N–H and O–H groups in total. The second-order valence-electron chi connectivity index (χ2n) is 3.10. The van der Waals surface area contributed by atoms with E-state index in [1.807, 2.05) is 0 Å². The summed E-state index contributed by atoms with van der Waals surface area (Å²) in [6.45, 7) is 8.48. The summed E-state index contributed by atoms with van der Waals surface area (Å²) in [5.74, 6) is -0.659. The predicted molar refractivity (Wildman–Crippen MR) is 50.2 cm³/mol. The molecule has 0 unspecified atom stereocenters. The Morgan fingerprint density at radius 2 is 2.08 bits per heavy atom. The molecule has 0 aliphatic heterocycles. The van der Waals surface area contributed by atoms with Gasteiger partial charge < -0.3 is 4.74 Å². The average Bonchev–Trinajstić information content (AvgIpc) is 2.04. The smallest absolute Gasteiger partial charge is 0.319 e. The maximum Gasteiger partial charge on any atom is 0.319 e. The van der Waals surface area contributed by atoms with E-state index < -0.39 is 11.4 Å². The first kappa shape index (κ1) is 11.9. The lowest BCUT2D eigenvalue weighted by molar-refractivity contribution is -0.158. The van der Waals surface area contributed by atoms with Gasteiger partial charge in [0.2, 0.25) is 0 Å². The van der Waals surface area contributed by atoms with Crippen molar-refractivity contribution in [2.24, 2.45) is 5.41 Å². The van der Waals surface area contributed by atoms with E-state index in [0.29, 0.717) is 13.0 Å². The molecule has 0 aliphatic carbocycles. The minimum Gasteiger partial charge on any atom is -0.465 e. The molecular weight excluding hydrogens is 168 g/mol. The van der Waals surface area contributed by atoms with E-state index in [1.54, 1.807) is 19.9 Å². The van der Waals surface area contributed by atoms with Gasteiger partial charge in [0.25, 0.3) is 0 Å². The Morgan fingerprint density at radius 3 is 2.38 bits per heavy atom. The van der Waals surface area contributed by atoms with Crippen LogP contribution in [0, 0.1) is 5.41 Å². The van der Waals surface area contributed by atoms with Gasteiger partial charge in [0.05, 0.1) is 6.61 Å². The molecule has 0 radical (unpaired) electrons. The predicted octanol–water partition coefficient (Wildman–Crippen LogP) is 1.72. The summed E-state index contributed by atoms with van der Waals surface area (Å²) >= 11 is 0. The zero-order valence-electron chi connectivity index (χ0n) is 8.42. The molecule has 0 bridgehead atoms. The van der Waals surface area contributed by atoms with Gasteiger partial charge in [-0.15, -0.1) is 6.58 Å². The molecule has 0 rings (SSSR count). The van der Waals surface area contributed by atoms with Gasteiger partial charge in [-0.2, -0.15) is 0 Å². The van der Waals surface area contributed by atoms with Crippen molar-refractivity contribution >= 4 is 11.8 Å². The topological polar surface area (TPSA) is 43.4 Å². The number of hydrogen-bond donors (Lipinski definition) is 0. The van der Waals surface area contributed by atoms with Crippen LogP contribution in [0.2, 0.25) is 0 Å². The van der Waals surface area contributed by atoms with Gasteiger partial charge >= 0.3 is 5.97 Å². The highest BCUT2D eigenvalue weighted by atomic mass is 16.5. The van der Waals surface area contributed by atoms with Crippen molar-refractivity contribution in [3.8, 4) is 0 Å². The quantitative estimate of drug-likeness (QED) is 0.371. The third-order valence-corrected chi connectivity index (χ3v) is 2.06. The number of allylic oxidation sites excluding steroid dienone is 1. The van der Waals surface area contributed by atoms with Crippen molar-refractivity contribution in [1.82, 2.24) is 0 Å². The molecule has 0 amide bonds. The fourth-order valence-corrected chi connectivity index (χ4v) is 0.950. The molecule has 0 spiro atoms. The molecule has 1 atom stereocenters. The van der Waals surface area contributed by atoms with E-state index in [4.69, 9.17) is 4.74 Å². The minimum absolute atomic E-state index is 0.189. The van der Waals surface area contributed by atoms with Crippen LogP contribution in [0.25, 0.3) is 0 Å². The van der Waals surface area contributed by atoms with Gasteiger partial charge in [0.1, 0.15) is 11.2 Å². The van der Waals surface area contributed by atoms with Crippen molar-refractivity contribution < 1.29 is 14.3 Å². The highest BCUT2D eigenvalue weighted by Crippen LogP contribution is 2.24. The molecule has 74 valence electrons. The number of ketones is 1. The molecule has 0 aromatic heterocycles. The van der Waals surface area contributed by atoms with Crippen molar-refractivity contribution in [1.29, 1.82) is 0 Å². The lowest BCUT2D eigenvalue weighted by Gasteiger charge is -2.22. The zero-order chi connectivity index (χ0) is 10.5. The van der Waals surface area contributed by atoms with E-state index in [2.05, 4.69) is 6.58 Å². The fourth-order valence-electron chi connectivity index (χ4n) is 0.950. The third-order valence-electron chi connectivity index (χ3n) is 2.06. The Kier molecular flexibility index (Phi) is 4.38. The highest BCUT2D eigenvalue weighted by Gasteiger charge is 2.38. The van der Waals surface area contributed by atoms with Crippen LogP contribution in [-0.2, 0) is 14.3 Å². The number of Topliss-reactive ketones (excluding diaryl/α,β-unsaturated/α-hetero) is 1. The van der Waals surface area contributed by atoms with Crippen LogP contribution in [0.3, 0.4) is 0 Å². The summed E-state index contributed by atoms with van der Waals surface area (Å²) in [5, 5.41) is 0. The number of hydrogen-bond acceptors (Lipinski definition) is 3. The van der Waals surface area contributed by atoms with E-state index in [9.17, 15) is 9.59 Å². The average molecular weight is 184 g/mol. The lowest BCUT2D eigenvalue weighted by atomic mass is 9.83. The van der Waals surface area contributed by atoms with Crippen molar-refractivity contribution in [3.63, 3.8) is 0 Å². The van der Waals surface area contributed by atoms with Gasteiger partial charge in [0, 0.05) is 0 Å². The fraction of sp³-hybridized carbons (Fsp3) is 0.600. The summed E-state index contributed by atoms with van der Waals surface area (Å²) in [4.78, 5) is 22.6. The molecule has 0 heterocycles. The summed E-state index contributed by atoms with van der Waals surface area (Å²) < 4.78 is 4.81. The number of ether oxygens (including phenoxy) is 1. The van der Waals surface area contributed by atoms with Crippen LogP contribution in [0.15, 0.2) is 12.7 Å². The summed E-state index contributed by atoms with van der Waals surface area (Å²) in [6, 6.07) is 0. The molecule has 0 aromatic carbocycles. The molecule has 0 fully saturated rings. The van der Waals surface area contributed by atoms with Crippen LogP contribution in [0.1, 0.15) is 27.2 Å². The molecule has 0 aliphatic rings. The molecule has 3 nitrogen and oxygen atoms in total. The highest BCUT2D eigenvalue weighted by molar-refractivity contribution is 6.02. The van der Waals surface area contributed by atoms with Crippen LogP contribution < -0.4 is 0 Å². The molecule has 0 saturated carbocycles. The van der Waals surface area contributed by atoms with Crippen LogP contribution in [0.4, 0.5) is 0 Å². The minimum atomic E-state index is -1.06. The van der Waals surface area contributed by atoms with Crippen molar-refractivity contribution in [2.75, 3.05) is 6.61 Å². The molecule has 3 heteroatoms. The first-order valence-corrected chi connectivity index (χ1v) is 4.28. The monoisotopic (exact) mass is 184 g/mol. The zero-order valence-corrected chi connectivity index (χ0v) is 8.42. The van der Waals surface area contributed by atoms with E-state index in [1.165, 1.54) is 6.92 Å². The first-order chi connectivity index (χ1) is 5.99. The van der Waals surface area contributed by atoms with Crippen LogP contribution in [0.5, 0.6) is 0 Å². The standard InChI is InChI=1S/C10H16O3/c1-5-7-10(4,8(3)11)9(12)13-6-2/h5H,1,6-7H2,2-4H3/t10-/m0/s1. The summed E-state index contributed by atoms with van der Waals surface area (Å²) in [6.07, 6.45) is 1.87. The molecule has 0 aromatic rings. The Balaban J connectivity index is 4.67. The Bertz CT molecular complexity index is 220. The van der Waals surface area contributed by atoms with Crippen molar-refractivity contribution in [2.45, 2.75) is 27.2 Å². The van der Waals surface area contributed by atoms with E-state index in [-0.39, 0.29) is 5.78 Å². The number of carbonyl (C=O) groups excluding carboxylic acids is 2. The molecular formula is C10H16O3. The Labute approximate surface area is 78.8 Å². The van der Waals surface area contributed by atoms with Crippen LogP contribution >= 0.6 is 0 Å². The van der Waals surface area contributed by atoms with Crippen LogP contribution in [-0.4, -0.2) is 18.4 Å². The molecule has 13 heavy (non-hydrogen) atoms. The van der Waals surface area contributed by atoms with Gasteiger partial charge in [-0.05, 0) is 27.2 Å². The summed E-state index contributed by atoms with van der Waals surface area (Å²) in [7, 11) is 0. The normalized spacial score (nSPS) is 14.4. The SMILES string of the molecule is C=CC[C@@](C)(C(C)=O)C(=O)OCC. The lowest BCUT2D eigenvalue weighted by Crippen LogP contribution is -2.36. The Hall–Kier alpha value is -1.12. The van der Waals surface area contributed by atoms with E-state index in [0.717, 1.165) is 0 Å². The Morgan fingerprint density at radius 1 is 1.54 bits per heavy atom. The first-order valence-electron chi connectivity index (χ1n) is 4.28. The van der Waals surface area contributed by atoms with Gasteiger partial charge in [-0.3, -0.25) is 9.59 Å². The van der Waals surface area contributed by atoms with Crippen molar-refractivity contribution in [3.05, 3.63) is 12.7 Å². The van der Waals surface area contributed by atoms with Gasteiger partial charge in [0.15, 0.2) is 0 Å². The van der Waals surface area contributed by atoms with Gasteiger partial charge in [-0.1, -0.05) is 6.08 Å². The maximum absolute atomic E-state index is 11.4. The third kappa shape index (κ3) is 2.68. The van der Waals surface area contributed by atoms with Gasteiger partial charge in [-0.25, -0.2) is 0 Å². The second kappa shape index (κ2) is 4.80.